The van der Waals surface area contributed by atoms with Crippen molar-refractivity contribution >= 4 is 5.97 Å². The minimum absolute atomic E-state index is 0.154. The summed E-state index contributed by atoms with van der Waals surface area (Å²) in [6.45, 7) is 0. The van der Waals surface area contributed by atoms with Crippen LogP contribution >= 0.6 is 0 Å². The van der Waals surface area contributed by atoms with Gasteiger partial charge in [-0.3, -0.25) is 0 Å². The number of hydrogen-bond acceptors (Lipinski definition) is 5. The molecule has 0 aromatic heterocycles. The largest absolute Gasteiger partial charge is 0.497 e. The molecular formula is C11H14O6. The Labute approximate surface area is 98.0 Å². The highest BCUT2D eigenvalue weighted by Crippen LogP contribution is 2.31. The molecule has 6 heteroatoms. The van der Waals surface area contributed by atoms with Crippen LogP contribution in [0.1, 0.15) is 11.7 Å². The first-order valence-electron chi connectivity index (χ1n) is 4.82. The summed E-state index contributed by atoms with van der Waals surface area (Å²) in [5.74, 6) is -0.807. The van der Waals surface area contributed by atoms with Crippen molar-refractivity contribution in [3.05, 3.63) is 23.8 Å². The van der Waals surface area contributed by atoms with E-state index in [0.29, 0.717) is 5.75 Å². The molecule has 0 aliphatic heterocycles. The number of carbonyl (C=O) groups is 1. The zero-order valence-corrected chi connectivity index (χ0v) is 9.45. The Balaban J connectivity index is 3.13. The maximum absolute atomic E-state index is 10.6. The Kier molecular flexibility index (Phi) is 4.30. The van der Waals surface area contributed by atoms with Crippen molar-refractivity contribution in [2.45, 2.75) is 12.2 Å². The van der Waals surface area contributed by atoms with Crippen molar-refractivity contribution in [1.29, 1.82) is 0 Å². The van der Waals surface area contributed by atoms with Crippen molar-refractivity contribution in [1.82, 2.24) is 0 Å². The number of aliphatic hydroxyl groups excluding tert-OH is 2. The van der Waals surface area contributed by atoms with Gasteiger partial charge in [0.05, 0.1) is 14.2 Å². The molecule has 0 spiro atoms. The van der Waals surface area contributed by atoms with Gasteiger partial charge in [-0.25, -0.2) is 4.79 Å². The average Bonchev–Trinajstić information content (AvgIpc) is 2.35. The smallest absolute Gasteiger partial charge is 0.335 e. The van der Waals surface area contributed by atoms with E-state index in [9.17, 15) is 15.0 Å². The van der Waals surface area contributed by atoms with Crippen LogP contribution in [0.3, 0.4) is 0 Å². The third kappa shape index (κ3) is 2.86. The van der Waals surface area contributed by atoms with Crippen molar-refractivity contribution in [2.75, 3.05) is 14.2 Å². The molecule has 0 aliphatic rings. The predicted octanol–water partition coefficient (Wildman–Crippen LogP) is 0.183. The number of rotatable bonds is 5. The Hall–Kier alpha value is -1.79. The summed E-state index contributed by atoms with van der Waals surface area (Å²) in [5.41, 5.74) is 0.154. The Morgan fingerprint density at radius 1 is 1.24 bits per heavy atom. The Morgan fingerprint density at radius 2 is 1.88 bits per heavy atom. The number of ether oxygens (including phenoxy) is 2. The first-order chi connectivity index (χ1) is 8.01. The molecule has 2 atom stereocenters. The third-order valence-electron chi connectivity index (χ3n) is 2.31. The fourth-order valence-corrected chi connectivity index (χ4v) is 1.38. The summed E-state index contributed by atoms with van der Waals surface area (Å²) >= 11 is 0. The lowest BCUT2D eigenvalue weighted by molar-refractivity contribution is -0.153. The molecule has 0 amide bonds. The molecule has 17 heavy (non-hydrogen) atoms. The first kappa shape index (κ1) is 13.3. The van der Waals surface area contributed by atoms with Crippen molar-refractivity contribution in [3.63, 3.8) is 0 Å². The standard InChI is InChI=1S/C11H14O6/c1-16-6-3-4-8(17-2)7(5-6)9(12)10(13)11(14)15/h3-5,9-10,12-13H,1-2H3,(H,14,15). The van der Waals surface area contributed by atoms with Crippen molar-refractivity contribution < 1.29 is 29.6 Å². The van der Waals surface area contributed by atoms with E-state index < -0.39 is 18.2 Å². The summed E-state index contributed by atoms with van der Waals surface area (Å²) in [6.07, 6.45) is -3.51. The van der Waals surface area contributed by atoms with Crippen LogP contribution in [0.4, 0.5) is 0 Å². The van der Waals surface area contributed by atoms with E-state index in [1.807, 2.05) is 0 Å². The summed E-state index contributed by atoms with van der Waals surface area (Å²) < 4.78 is 9.93. The van der Waals surface area contributed by atoms with Gasteiger partial charge in [-0.05, 0) is 18.2 Å². The van der Waals surface area contributed by atoms with Gasteiger partial charge in [0.15, 0.2) is 6.10 Å². The molecule has 6 nitrogen and oxygen atoms in total. The van der Waals surface area contributed by atoms with Gasteiger partial charge in [0.1, 0.15) is 17.6 Å². The summed E-state index contributed by atoms with van der Waals surface area (Å²) in [7, 11) is 2.82. The van der Waals surface area contributed by atoms with E-state index in [1.54, 1.807) is 6.07 Å². The van der Waals surface area contributed by atoms with Crippen molar-refractivity contribution in [3.8, 4) is 11.5 Å². The molecule has 1 aromatic carbocycles. The lowest BCUT2D eigenvalue weighted by Gasteiger charge is -2.18. The van der Waals surface area contributed by atoms with Gasteiger partial charge in [-0.15, -0.1) is 0 Å². The molecule has 0 saturated heterocycles. The molecule has 94 valence electrons. The lowest BCUT2D eigenvalue weighted by Crippen LogP contribution is -2.27. The number of benzene rings is 1. The van der Waals surface area contributed by atoms with Crippen LogP contribution in [0, 0.1) is 0 Å². The molecule has 0 radical (unpaired) electrons. The molecule has 3 N–H and O–H groups in total. The number of methoxy groups -OCH3 is 2. The van der Waals surface area contributed by atoms with Crippen LogP contribution in [0.5, 0.6) is 11.5 Å². The van der Waals surface area contributed by atoms with E-state index in [1.165, 1.54) is 26.4 Å². The molecule has 0 fully saturated rings. The minimum Gasteiger partial charge on any atom is -0.497 e. The van der Waals surface area contributed by atoms with Crippen LogP contribution in [0.2, 0.25) is 0 Å². The Morgan fingerprint density at radius 3 is 2.35 bits per heavy atom. The maximum Gasteiger partial charge on any atom is 0.335 e. The van der Waals surface area contributed by atoms with Gasteiger partial charge in [0.2, 0.25) is 0 Å². The summed E-state index contributed by atoms with van der Waals surface area (Å²) in [6, 6.07) is 4.53. The van der Waals surface area contributed by atoms with E-state index in [2.05, 4.69) is 0 Å². The maximum atomic E-state index is 10.6. The van der Waals surface area contributed by atoms with Crippen LogP contribution in [0.25, 0.3) is 0 Å². The highest BCUT2D eigenvalue weighted by molar-refractivity contribution is 5.73. The summed E-state index contributed by atoms with van der Waals surface area (Å²) in [4.78, 5) is 10.6. The molecule has 0 aliphatic carbocycles. The predicted molar refractivity (Wildman–Crippen MR) is 58.1 cm³/mol. The lowest BCUT2D eigenvalue weighted by atomic mass is 10.0. The molecule has 0 heterocycles. The van der Waals surface area contributed by atoms with Crippen LogP contribution in [0.15, 0.2) is 18.2 Å². The van der Waals surface area contributed by atoms with E-state index >= 15 is 0 Å². The second kappa shape index (κ2) is 5.51. The number of hydrogen-bond donors (Lipinski definition) is 3. The first-order valence-corrected chi connectivity index (χ1v) is 4.82. The fourth-order valence-electron chi connectivity index (χ4n) is 1.38. The average molecular weight is 242 g/mol. The topological polar surface area (TPSA) is 96.2 Å². The van der Waals surface area contributed by atoms with Gasteiger partial charge in [-0.1, -0.05) is 0 Å². The van der Waals surface area contributed by atoms with Gasteiger partial charge < -0.3 is 24.8 Å². The quantitative estimate of drug-likeness (QED) is 0.681. The van der Waals surface area contributed by atoms with Gasteiger partial charge in [0.25, 0.3) is 0 Å². The Bertz CT molecular complexity index is 403. The monoisotopic (exact) mass is 242 g/mol. The number of carboxylic acid groups (broad SMARTS) is 1. The van der Waals surface area contributed by atoms with Crippen LogP contribution in [-0.4, -0.2) is 41.6 Å². The zero-order chi connectivity index (χ0) is 13.0. The molecule has 2 unspecified atom stereocenters. The van der Waals surface area contributed by atoms with Crippen LogP contribution in [-0.2, 0) is 4.79 Å². The van der Waals surface area contributed by atoms with Gasteiger partial charge in [0, 0.05) is 5.56 Å². The fraction of sp³-hybridized carbons (Fsp3) is 0.364. The van der Waals surface area contributed by atoms with E-state index in [-0.39, 0.29) is 11.3 Å². The second-order valence-electron chi connectivity index (χ2n) is 3.34. The third-order valence-corrected chi connectivity index (χ3v) is 2.31. The van der Waals surface area contributed by atoms with Gasteiger partial charge >= 0.3 is 5.97 Å². The normalized spacial score (nSPS) is 13.9. The zero-order valence-electron chi connectivity index (χ0n) is 9.45. The summed E-state index contributed by atoms with van der Waals surface area (Å²) in [5, 5.41) is 27.6. The van der Waals surface area contributed by atoms with Gasteiger partial charge in [-0.2, -0.15) is 0 Å². The SMILES string of the molecule is COc1ccc(OC)c(C(O)C(O)C(=O)O)c1. The highest BCUT2D eigenvalue weighted by Gasteiger charge is 2.27. The number of carboxylic acids is 1. The highest BCUT2D eigenvalue weighted by atomic mass is 16.5. The molecular weight excluding hydrogens is 228 g/mol. The van der Waals surface area contributed by atoms with E-state index in [0.717, 1.165) is 0 Å². The number of aliphatic hydroxyl groups is 2. The van der Waals surface area contributed by atoms with Crippen molar-refractivity contribution in [2.24, 2.45) is 0 Å². The number of aliphatic carboxylic acids is 1. The minimum atomic E-state index is -1.92. The molecule has 0 bridgehead atoms. The van der Waals surface area contributed by atoms with E-state index in [4.69, 9.17) is 14.6 Å². The molecule has 0 saturated carbocycles. The molecule has 1 rings (SSSR count). The van der Waals surface area contributed by atoms with Crippen LogP contribution < -0.4 is 9.47 Å². The molecule has 1 aromatic rings. The second-order valence-corrected chi connectivity index (χ2v) is 3.34.